The second-order valence-corrected chi connectivity index (χ2v) is 2.99. The fourth-order valence-electron chi connectivity index (χ4n) is 0.922. The molecule has 0 fully saturated rings. The monoisotopic (exact) mass is 159 g/mol. The zero-order valence-electron chi connectivity index (χ0n) is 8.02. The molecule has 0 aromatic heterocycles. The smallest absolute Gasteiger partial charge is 0.0476 e. The summed E-state index contributed by atoms with van der Waals surface area (Å²) in [5.41, 5.74) is 0. The predicted molar refractivity (Wildman–Crippen MR) is 48.9 cm³/mol. The van der Waals surface area contributed by atoms with E-state index in [-0.39, 0.29) is 0 Å². The third kappa shape index (κ3) is 7.82. The van der Waals surface area contributed by atoms with Crippen molar-refractivity contribution in [2.75, 3.05) is 20.3 Å². The van der Waals surface area contributed by atoms with Gasteiger partial charge in [0.1, 0.15) is 0 Å². The fraction of sp³-hybridized carbons (Fsp3) is 1.00. The number of rotatable bonds is 7. The average molecular weight is 159 g/mol. The van der Waals surface area contributed by atoms with E-state index in [0.717, 1.165) is 19.6 Å². The lowest BCUT2D eigenvalue weighted by molar-refractivity contribution is 0.185. The van der Waals surface area contributed by atoms with Crippen LogP contribution in [0.15, 0.2) is 0 Å². The Labute approximate surface area is 70.3 Å². The number of hydrogen-bond acceptors (Lipinski definition) is 2. The summed E-state index contributed by atoms with van der Waals surface area (Å²) in [7, 11) is 1.75. The Kier molecular flexibility index (Phi) is 7.96. The van der Waals surface area contributed by atoms with Crippen LogP contribution in [0.5, 0.6) is 0 Å². The van der Waals surface area contributed by atoms with Gasteiger partial charge in [-0.2, -0.15) is 0 Å². The Morgan fingerprint density at radius 2 is 2.18 bits per heavy atom. The Hall–Kier alpha value is -0.0800. The Bertz CT molecular complexity index is 76.0. The Morgan fingerprint density at radius 3 is 2.73 bits per heavy atom. The zero-order valence-corrected chi connectivity index (χ0v) is 8.02. The van der Waals surface area contributed by atoms with Crippen molar-refractivity contribution in [2.45, 2.75) is 39.2 Å². The minimum atomic E-state index is 0.599. The molecule has 2 nitrogen and oxygen atoms in total. The van der Waals surface area contributed by atoms with Crippen molar-refractivity contribution in [3.8, 4) is 0 Å². The molecule has 1 unspecified atom stereocenters. The van der Waals surface area contributed by atoms with Gasteiger partial charge in [-0.05, 0) is 26.3 Å². The summed E-state index contributed by atoms with van der Waals surface area (Å²) in [6, 6.07) is 0.599. The van der Waals surface area contributed by atoms with E-state index in [1.54, 1.807) is 7.11 Å². The van der Waals surface area contributed by atoms with Crippen LogP contribution in [-0.4, -0.2) is 26.3 Å². The molecule has 0 aliphatic rings. The SMILES string of the molecule is CCCCNC(C)CCOC. The predicted octanol–water partition coefficient (Wildman–Crippen LogP) is 1.80. The first kappa shape index (κ1) is 10.9. The first-order chi connectivity index (χ1) is 5.31. The lowest BCUT2D eigenvalue weighted by atomic mass is 10.2. The van der Waals surface area contributed by atoms with Crippen molar-refractivity contribution in [3.05, 3.63) is 0 Å². The number of unbranched alkanes of at least 4 members (excludes halogenated alkanes) is 1. The van der Waals surface area contributed by atoms with Gasteiger partial charge in [0, 0.05) is 19.8 Å². The molecule has 68 valence electrons. The summed E-state index contributed by atoms with van der Waals surface area (Å²) in [5, 5.41) is 3.44. The molecule has 0 radical (unpaired) electrons. The Balaban J connectivity index is 3.02. The van der Waals surface area contributed by atoms with Crippen LogP contribution in [0.2, 0.25) is 0 Å². The molecule has 1 N–H and O–H groups in total. The van der Waals surface area contributed by atoms with E-state index in [1.807, 2.05) is 0 Å². The van der Waals surface area contributed by atoms with Crippen molar-refractivity contribution in [1.82, 2.24) is 5.32 Å². The number of nitrogens with one attached hydrogen (secondary N) is 1. The summed E-state index contributed by atoms with van der Waals surface area (Å²) in [4.78, 5) is 0. The van der Waals surface area contributed by atoms with Crippen LogP contribution in [-0.2, 0) is 4.74 Å². The van der Waals surface area contributed by atoms with Gasteiger partial charge < -0.3 is 10.1 Å². The maximum Gasteiger partial charge on any atom is 0.0476 e. The highest BCUT2D eigenvalue weighted by atomic mass is 16.5. The van der Waals surface area contributed by atoms with Crippen LogP contribution < -0.4 is 5.32 Å². The van der Waals surface area contributed by atoms with E-state index in [0.29, 0.717) is 6.04 Å². The zero-order chi connectivity index (χ0) is 8.53. The molecule has 0 aliphatic carbocycles. The van der Waals surface area contributed by atoms with Crippen LogP contribution >= 0.6 is 0 Å². The minimum Gasteiger partial charge on any atom is -0.385 e. The topological polar surface area (TPSA) is 21.3 Å². The number of ether oxygens (including phenoxy) is 1. The van der Waals surface area contributed by atoms with Gasteiger partial charge in [-0.1, -0.05) is 13.3 Å². The van der Waals surface area contributed by atoms with Crippen LogP contribution in [0.4, 0.5) is 0 Å². The molecule has 0 saturated carbocycles. The summed E-state index contributed by atoms with van der Waals surface area (Å²) in [6.07, 6.45) is 3.65. The highest BCUT2D eigenvalue weighted by molar-refractivity contribution is 4.58. The van der Waals surface area contributed by atoms with Crippen molar-refractivity contribution in [1.29, 1.82) is 0 Å². The molecule has 0 heterocycles. The largest absolute Gasteiger partial charge is 0.385 e. The van der Waals surface area contributed by atoms with Gasteiger partial charge >= 0.3 is 0 Å². The van der Waals surface area contributed by atoms with Crippen molar-refractivity contribution >= 4 is 0 Å². The summed E-state index contributed by atoms with van der Waals surface area (Å²) in [5.74, 6) is 0. The first-order valence-electron chi connectivity index (χ1n) is 4.53. The molecule has 0 aromatic carbocycles. The highest BCUT2D eigenvalue weighted by Gasteiger charge is 1.98. The second-order valence-electron chi connectivity index (χ2n) is 2.99. The maximum absolute atomic E-state index is 4.98. The number of hydrogen-bond donors (Lipinski definition) is 1. The summed E-state index contributed by atoms with van der Waals surface area (Å²) >= 11 is 0. The molecule has 0 aromatic rings. The molecule has 0 spiro atoms. The van der Waals surface area contributed by atoms with E-state index in [9.17, 15) is 0 Å². The first-order valence-corrected chi connectivity index (χ1v) is 4.53. The van der Waals surface area contributed by atoms with Gasteiger partial charge in [-0.25, -0.2) is 0 Å². The standard InChI is InChI=1S/C9H21NO/c1-4-5-7-10-9(2)6-8-11-3/h9-10H,4-8H2,1-3H3. The molecule has 1 atom stereocenters. The second kappa shape index (κ2) is 8.02. The van der Waals surface area contributed by atoms with Crippen molar-refractivity contribution in [3.63, 3.8) is 0 Å². The third-order valence-corrected chi connectivity index (χ3v) is 1.78. The van der Waals surface area contributed by atoms with E-state index in [1.165, 1.54) is 12.8 Å². The molecular weight excluding hydrogens is 138 g/mol. The molecular formula is C9H21NO. The summed E-state index contributed by atoms with van der Waals surface area (Å²) < 4.78 is 4.98. The van der Waals surface area contributed by atoms with E-state index in [2.05, 4.69) is 19.2 Å². The van der Waals surface area contributed by atoms with Crippen molar-refractivity contribution < 1.29 is 4.74 Å². The van der Waals surface area contributed by atoms with E-state index < -0.39 is 0 Å². The lowest BCUT2D eigenvalue weighted by Gasteiger charge is -2.12. The van der Waals surface area contributed by atoms with Gasteiger partial charge in [0.25, 0.3) is 0 Å². The number of methoxy groups -OCH3 is 1. The van der Waals surface area contributed by atoms with Gasteiger partial charge in [0.15, 0.2) is 0 Å². The van der Waals surface area contributed by atoms with Gasteiger partial charge in [0.05, 0.1) is 0 Å². The molecule has 11 heavy (non-hydrogen) atoms. The highest BCUT2D eigenvalue weighted by Crippen LogP contribution is 1.91. The van der Waals surface area contributed by atoms with Crippen LogP contribution in [0, 0.1) is 0 Å². The Morgan fingerprint density at radius 1 is 1.45 bits per heavy atom. The quantitative estimate of drug-likeness (QED) is 0.572. The normalized spacial score (nSPS) is 13.4. The maximum atomic E-state index is 4.98. The molecule has 2 heteroatoms. The molecule has 0 aliphatic heterocycles. The molecule has 0 amide bonds. The average Bonchev–Trinajstić information content (AvgIpc) is 2.01. The lowest BCUT2D eigenvalue weighted by Crippen LogP contribution is -2.27. The third-order valence-electron chi connectivity index (χ3n) is 1.78. The van der Waals surface area contributed by atoms with Crippen LogP contribution in [0.3, 0.4) is 0 Å². The minimum absolute atomic E-state index is 0.599. The molecule has 0 saturated heterocycles. The van der Waals surface area contributed by atoms with E-state index >= 15 is 0 Å². The van der Waals surface area contributed by atoms with Gasteiger partial charge in [-0.15, -0.1) is 0 Å². The van der Waals surface area contributed by atoms with Gasteiger partial charge in [0.2, 0.25) is 0 Å². The molecule has 0 rings (SSSR count). The fourth-order valence-corrected chi connectivity index (χ4v) is 0.922. The summed E-state index contributed by atoms with van der Waals surface area (Å²) in [6.45, 7) is 6.41. The van der Waals surface area contributed by atoms with Crippen LogP contribution in [0.1, 0.15) is 33.1 Å². The van der Waals surface area contributed by atoms with Gasteiger partial charge in [-0.3, -0.25) is 0 Å². The van der Waals surface area contributed by atoms with Crippen LogP contribution in [0.25, 0.3) is 0 Å². The molecule has 0 bridgehead atoms. The van der Waals surface area contributed by atoms with Crippen molar-refractivity contribution in [2.24, 2.45) is 0 Å². The van der Waals surface area contributed by atoms with E-state index in [4.69, 9.17) is 4.74 Å².